The minimum atomic E-state index is -1.41. The van der Waals surface area contributed by atoms with Crippen LogP contribution in [0.5, 0.6) is 0 Å². The number of hydrogen-bond donors (Lipinski definition) is 4. The van der Waals surface area contributed by atoms with Gasteiger partial charge in [-0.25, -0.2) is 4.79 Å². The van der Waals surface area contributed by atoms with Crippen molar-refractivity contribution in [2.45, 2.75) is 38.3 Å². The summed E-state index contributed by atoms with van der Waals surface area (Å²) in [6.45, 7) is 3.12. The summed E-state index contributed by atoms with van der Waals surface area (Å²) in [7, 11) is 0. The van der Waals surface area contributed by atoms with Gasteiger partial charge in [-0.3, -0.25) is 4.79 Å². The van der Waals surface area contributed by atoms with Crippen LogP contribution in [-0.2, 0) is 9.59 Å². The van der Waals surface area contributed by atoms with Gasteiger partial charge >= 0.3 is 5.97 Å². The molecule has 4 N–H and O–H groups in total. The van der Waals surface area contributed by atoms with E-state index in [1.807, 2.05) is 0 Å². The summed E-state index contributed by atoms with van der Waals surface area (Å²) in [6.07, 6.45) is 0.492. The van der Waals surface area contributed by atoms with Gasteiger partial charge in [0.1, 0.15) is 0 Å². The van der Waals surface area contributed by atoms with E-state index >= 15 is 0 Å². The highest BCUT2D eigenvalue weighted by Crippen LogP contribution is 2.14. The zero-order chi connectivity index (χ0) is 12.8. The third-order valence-electron chi connectivity index (χ3n) is 2.98. The van der Waals surface area contributed by atoms with E-state index in [1.165, 1.54) is 0 Å². The lowest BCUT2D eigenvalue weighted by molar-refractivity contribution is -0.147. The zero-order valence-electron chi connectivity index (χ0n) is 9.98. The molecule has 1 saturated heterocycles. The summed E-state index contributed by atoms with van der Waals surface area (Å²) in [4.78, 5) is 22.0. The summed E-state index contributed by atoms with van der Waals surface area (Å²) in [5, 5.41) is 23.2. The number of carbonyl (C=O) groups is 2. The standard InChI is InChI=1S/C11H20N2O4/c1-7-2-4-12-8(6-7)10(15)13-5-3-9(14)11(16)17/h7-9,12,14H,2-6H2,1H3,(H,13,15)(H,16,17)/t7?,8?,9-/m0/s1. The third kappa shape index (κ3) is 4.70. The predicted molar refractivity (Wildman–Crippen MR) is 61.5 cm³/mol. The second-order valence-corrected chi connectivity index (χ2v) is 4.57. The summed E-state index contributed by atoms with van der Waals surface area (Å²) in [6, 6.07) is -0.194. The molecular formula is C11H20N2O4. The first-order chi connectivity index (χ1) is 8.00. The highest BCUT2D eigenvalue weighted by Gasteiger charge is 2.24. The molecule has 1 aliphatic rings. The number of aliphatic hydroxyl groups excluding tert-OH is 1. The van der Waals surface area contributed by atoms with Crippen LogP contribution in [0.4, 0.5) is 0 Å². The van der Waals surface area contributed by atoms with Gasteiger partial charge in [0.05, 0.1) is 6.04 Å². The zero-order valence-corrected chi connectivity index (χ0v) is 9.98. The highest BCUT2D eigenvalue weighted by atomic mass is 16.4. The topological polar surface area (TPSA) is 98.7 Å². The maximum absolute atomic E-state index is 11.7. The van der Waals surface area contributed by atoms with Crippen LogP contribution in [-0.4, -0.2) is 47.3 Å². The summed E-state index contributed by atoms with van der Waals surface area (Å²) >= 11 is 0. The fraction of sp³-hybridized carbons (Fsp3) is 0.818. The van der Waals surface area contributed by atoms with Crippen molar-refractivity contribution in [3.05, 3.63) is 0 Å². The molecule has 17 heavy (non-hydrogen) atoms. The number of carboxylic acid groups (broad SMARTS) is 1. The van der Waals surface area contributed by atoms with Crippen molar-refractivity contribution >= 4 is 11.9 Å². The molecule has 0 saturated carbocycles. The van der Waals surface area contributed by atoms with Gasteiger partial charge in [0.15, 0.2) is 6.10 Å². The quantitative estimate of drug-likeness (QED) is 0.514. The van der Waals surface area contributed by atoms with Gasteiger partial charge < -0.3 is 20.8 Å². The summed E-state index contributed by atoms with van der Waals surface area (Å²) in [5.74, 6) is -0.852. The second-order valence-electron chi connectivity index (χ2n) is 4.57. The van der Waals surface area contributed by atoms with Crippen molar-refractivity contribution in [2.75, 3.05) is 13.1 Å². The first kappa shape index (κ1) is 13.9. The SMILES string of the molecule is CC1CCNC(C(=O)NCC[C@H](O)C(=O)O)C1. The minimum Gasteiger partial charge on any atom is -0.479 e. The van der Waals surface area contributed by atoms with Crippen LogP contribution in [0.1, 0.15) is 26.2 Å². The van der Waals surface area contributed by atoms with Crippen LogP contribution in [0.2, 0.25) is 0 Å². The largest absolute Gasteiger partial charge is 0.479 e. The van der Waals surface area contributed by atoms with Gasteiger partial charge in [-0.15, -0.1) is 0 Å². The molecule has 3 atom stereocenters. The summed E-state index contributed by atoms with van der Waals surface area (Å²) < 4.78 is 0. The van der Waals surface area contributed by atoms with E-state index in [0.29, 0.717) is 5.92 Å². The number of nitrogens with one attached hydrogen (secondary N) is 2. The fourth-order valence-corrected chi connectivity index (χ4v) is 1.89. The Balaban J connectivity index is 2.22. The van der Waals surface area contributed by atoms with Crippen molar-refractivity contribution in [3.8, 4) is 0 Å². The van der Waals surface area contributed by atoms with E-state index in [0.717, 1.165) is 19.4 Å². The van der Waals surface area contributed by atoms with Crippen LogP contribution in [0.3, 0.4) is 0 Å². The molecule has 1 rings (SSSR count). The number of carboxylic acids is 1. The number of piperidine rings is 1. The molecule has 1 aliphatic heterocycles. The molecule has 0 aliphatic carbocycles. The van der Waals surface area contributed by atoms with Crippen molar-refractivity contribution in [1.29, 1.82) is 0 Å². The average molecular weight is 244 g/mol. The van der Waals surface area contributed by atoms with Crippen molar-refractivity contribution < 1.29 is 19.8 Å². The molecule has 2 unspecified atom stereocenters. The van der Waals surface area contributed by atoms with E-state index in [-0.39, 0.29) is 24.9 Å². The first-order valence-electron chi connectivity index (χ1n) is 5.92. The molecule has 0 aromatic heterocycles. The van der Waals surface area contributed by atoms with Crippen LogP contribution >= 0.6 is 0 Å². The maximum atomic E-state index is 11.7. The molecule has 6 heteroatoms. The Hall–Kier alpha value is -1.14. The van der Waals surface area contributed by atoms with E-state index in [1.54, 1.807) is 0 Å². The number of amides is 1. The Morgan fingerprint density at radius 1 is 1.53 bits per heavy atom. The minimum absolute atomic E-state index is 0.0311. The predicted octanol–water partition coefficient (Wildman–Crippen LogP) is -0.674. The number of aliphatic hydroxyl groups is 1. The Bertz CT molecular complexity index is 283. The molecule has 0 aromatic carbocycles. The molecule has 6 nitrogen and oxygen atoms in total. The Kier molecular flexibility index (Phi) is 5.37. The van der Waals surface area contributed by atoms with E-state index in [2.05, 4.69) is 17.6 Å². The highest BCUT2D eigenvalue weighted by molar-refractivity contribution is 5.81. The number of aliphatic carboxylic acids is 1. The normalized spacial score (nSPS) is 26.2. The fourth-order valence-electron chi connectivity index (χ4n) is 1.89. The molecule has 1 fully saturated rings. The van der Waals surface area contributed by atoms with Crippen molar-refractivity contribution in [3.63, 3.8) is 0 Å². The van der Waals surface area contributed by atoms with Crippen molar-refractivity contribution in [2.24, 2.45) is 5.92 Å². The average Bonchev–Trinajstić information content (AvgIpc) is 2.28. The van der Waals surface area contributed by atoms with Crippen LogP contribution in [0.15, 0.2) is 0 Å². The van der Waals surface area contributed by atoms with E-state index in [9.17, 15) is 9.59 Å². The van der Waals surface area contributed by atoms with Gasteiger partial charge in [-0.1, -0.05) is 6.92 Å². The maximum Gasteiger partial charge on any atom is 0.332 e. The monoisotopic (exact) mass is 244 g/mol. The van der Waals surface area contributed by atoms with E-state index in [4.69, 9.17) is 10.2 Å². The number of carbonyl (C=O) groups excluding carboxylic acids is 1. The molecule has 1 heterocycles. The molecular weight excluding hydrogens is 224 g/mol. The first-order valence-corrected chi connectivity index (χ1v) is 5.92. The lowest BCUT2D eigenvalue weighted by Gasteiger charge is -2.27. The van der Waals surface area contributed by atoms with Crippen LogP contribution in [0, 0.1) is 5.92 Å². The van der Waals surface area contributed by atoms with E-state index < -0.39 is 12.1 Å². The molecule has 98 valence electrons. The number of hydrogen-bond acceptors (Lipinski definition) is 4. The molecule has 1 amide bonds. The Morgan fingerprint density at radius 3 is 2.82 bits per heavy atom. The molecule has 0 spiro atoms. The lowest BCUT2D eigenvalue weighted by Crippen LogP contribution is -2.48. The van der Waals surface area contributed by atoms with Crippen molar-refractivity contribution in [1.82, 2.24) is 10.6 Å². The van der Waals surface area contributed by atoms with Gasteiger partial charge in [0.2, 0.25) is 5.91 Å². The van der Waals surface area contributed by atoms with Gasteiger partial charge in [0, 0.05) is 13.0 Å². The molecule has 0 aromatic rings. The lowest BCUT2D eigenvalue weighted by atomic mass is 9.94. The smallest absolute Gasteiger partial charge is 0.332 e. The Morgan fingerprint density at radius 2 is 2.24 bits per heavy atom. The van der Waals surface area contributed by atoms with Gasteiger partial charge in [0.25, 0.3) is 0 Å². The van der Waals surface area contributed by atoms with Gasteiger partial charge in [-0.2, -0.15) is 0 Å². The van der Waals surface area contributed by atoms with Gasteiger partial charge in [-0.05, 0) is 25.3 Å². The number of rotatable bonds is 5. The van der Waals surface area contributed by atoms with Crippen LogP contribution < -0.4 is 10.6 Å². The van der Waals surface area contributed by atoms with Crippen LogP contribution in [0.25, 0.3) is 0 Å². The second kappa shape index (κ2) is 6.56. The summed E-state index contributed by atoms with van der Waals surface area (Å²) in [5.41, 5.74) is 0. The molecule has 0 bridgehead atoms. The third-order valence-corrected chi connectivity index (χ3v) is 2.98. The molecule has 0 radical (unpaired) electrons. The Labute approximate surface area is 100 Å².